The van der Waals surface area contributed by atoms with Crippen molar-refractivity contribution in [3.05, 3.63) is 35.9 Å². The van der Waals surface area contributed by atoms with E-state index < -0.39 is 11.9 Å². The molecule has 1 aromatic carbocycles. The van der Waals surface area contributed by atoms with Crippen molar-refractivity contribution in [2.75, 3.05) is 19.7 Å². The first kappa shape index (κ1) is 16.7. The summed E-state index contributed by atoms with van der Waals surface area (Å²) < 4.78 is 4.87. The number of hydrogen-bond acceptors (Lipinski definition) is 4. The third-order valence-corrected chi connectivity index (χ3v) is 2.94. The quantitative estimate of drug-likeness (QED) is 0.720. The highest BCUT2D eigenvalue weighted by atomic mass is 16.5. The van der Waals surface area contributed by atoms with Gasteiger partial charge in [0.2, 0.25) is 5.91 Å². The third kappa shape index (κ3) is 4.92. The van der Waals surface area contributed by atoms with E-state index in [-0.39, 0.29) is 19.1 Å². The van der Waals surface area contributed by atoms with Gasteiger partial charge in [0.05, 0.1) is 12.7 Å². The van der Waals surface area contributed by atoms with Crippen LogP contribution in [0, 0.1) is 11.3 Å². The van der Waals surface area contributed by atoms with Gasteiger partial charge in [0.1, 0.15) is 12.5 Å². The number of rotatable bonds is 7. The summed E-state index contributed by atoms with van der Waals surface area (Å²) in [5.41, 5.74) is 0.634. The molecule has 0 saturated carbocycles. The maximum absolute atomic E-state index is 12.5. The molecule has 0 fully saturated rings. The lowest BCUT2D eigenvalue weighted by Crippen LogP contribution is -2.39. The molecule has 0 spiro atoms. The monoisotopic (exact) mass is 288 g/mol. The molecule has 1 aromatic rings. The zero-order chi connectivity index (χ0) is 15.7. The lowest BCUT2D eigenvalue weighted by Gasteiger charge is -2.23. The average Bonchev–Trinajstić information content (AvgIpc) is 2.49. The molecule has 112 valence electrons. The van der Waals surface area contributed by atoms with Crippen molar-refractivity contribution in [1.82, 2.24) is 4.90 Å². The summed E-state index contributed by atoms with van der Waals surface area (Å²) in [6, 6.07) is 10.9. The molecular formula is C16H20N2O3. The summed E-state index contributed by atoms with van der Waals surface area (Å²) in [5.74, 6) is -1.71. The molecule has 0 aliphatic carbocycles. The maximum atomic E-state index is 12.5. The molecule has 1 atom stereocenters. The van der Waals surface area contributed by atoms with Crippen LogP contribution in [-0.4, -0.2) is 36.5 Å². The largest absolute Gasteiger partial charge is 0.465 e. The molecule has 1 amide bonds. The van der Waals surface area contributed by atoms with Crippen LogP contribution in [0.4, 0.5) is 0 Å². The van der Waals surface area contributed by atoms with Gasteiger partial charge in [-0.2, -0.15) is 5.26 Å². The van der Waals surface area contributed by atoms with Crippen LogP contribution in [0.25, 0.3) is 0 Å². The van der Waals surface area contributed by atoms with E-state index in [1.54, 1.807) is 31.2 Å². The molecule has 5 heteroatoms. The minimum Gasteiger partial charge on any atom is -0.465 e. The topological polar surface area (TPSA) is 70.4 Å². The van der Waals surface area contributed by atoms with E-state index in [1.807, 2.05) is 19.1 Å². The molecule has 0 aromatic heterocycles. The second-order valence-corrected chi connectivity index (χ2v) is 4.54. The predicted octanol–water partition coefficient (Wildman–Crippen LogP) is 2.10. The number of nitriles is 1. The Labute approximate surface area is 125 Å². The van der Waals surface area contributed by atoms with Gasteiger partial charge in [0, 0.05) is 6.54 Å². The maximum Gasteiger partial charge on any atom is 0.325 e. The van der Waals surface area contributed by atoms with Crippen LogP contribution >= 0.6 is 0 Å². The van der Waals surface area contributed by atoms with E-state index in [0.717, 1.165) is 0 Å². The second kappa shape index (κ2) is 8.75. The van der Waals surface area contributed by atoms with E-state index in [9.17, 15) is 14.9 Å². The van der Waals surface area contributed by atoms with Gasteiger partial charge in [0.25, 0.3) is 0 Å². The summed E-state index contributed by atoms with van der Waals surface area (Å²) >= 11 is 0. The number of hydrogen-bond donors (Lipinski definition) is 0. The van der Waals surface area contributed by atoms with E-state index >= 15 is 0 Å². The van der Waals surface area contributed by atoms with Crippen LogP contribution in [-0.2, 0) is 14.3 Å². The normalized spacial score (nSPS) is 11.3. The molecule has 0 aliphatic heterocycles. The number of carbonyl (C=O) groups excluding carboxylic acids is 2. The Morgan fingerprint density at radius 1 is 1.29 bits per heavy atom. The highest BCUT2D eigenvalue weighted by Crippen LogP contribution is 2.18. The lowest BCUT2D eigenvalue weighted by molar-refractivity contribution is -0.149. The predicted molar refractivity (Wildman–Crippen MR) is 78.3 cm³/mol. The number of carbonyl (C=O) groups is 2. The van der Waals surface area contributed by atoms with E-state index in [2.05, 4.69) is 0 Å². The fraction of sp³-hybridized carbons (Fsp3) is 0.438. The minimum absolute atomic E-state index is 0.120. The van der Waals surface area contributed by atoms with Gasteiger partial charge in [-0.3, -0.25) is 9.59 Å². The molecule has 0 aliphatic rings. The molecule has 0 bridgehead atoms. The van der Waals surface area contributed by atoms with Crippen LogP contribution < -0.4 is 0 Å². The number of esters is 1. The molecule has 0 heterocycles. The summed E-state index contributed by atoms with van der Waals surface area (Å²) in [4.78, 5) is 25.5. The first-order valence-electron chi connectivity index (χ1n) is 7.03. The Kier molecular flexibility index (Phi) is 6.96. The second-order valence-electron chi connectivity index (χ2n) is 4.54. The van der Waals surface area contributed by atoms with Crippen molar-refractivity contribution in [3.8, 4) is 6.07 Å². The first-order valence-corrected chi connectivity index (χ1v) is 7.03. The van der Waals surface area contributed by atoms with Crippen molar-refractivity contribution in [2.24, 2.45) is 0 Å². The summed E-state index contributed by atoms with van der Waals surface area (Å²) in [7, 11) is 0. The summed E-state index contributed by atoms with van der Waals surface area (Å²) in [6.45, 7) is 4.20. The van der Waals surface area contributed by atoms with Crippen molar-refractivity contribution >= 4 is 11.9 Å². The Hall–Kier alpha value is -2.35. The number of nitrogens with zero attached hydrogens (tertiary/aromatic N) is 2. The van der Waals surface area contributed by atoms with Gasteiger partial charge >= 0.3 is 5.97 Å². The van der Waals surface area contributed by atoms with Crippen molar-refractivity contribution < 1.29 is 14.3 Å². The van der Waals surface area contributed by atoms with Gasteiger partial charge in [0.15, 0.2) is 0 Å². The van der Waals surface area contributed by atoms with Crippen molar-refractivity contribution in [1.29, 1.82) is 5.26 Å². The van der Waals surface area contributed by atoms with Crippen molar-refractivity contribution in [3.63, 3.8) is 0 Å². The standard InChI is InChI=1S/C16H20N2O3/c1-3-10-18(12-15(19)21-4-2)16(20)14(11-17)13-8-6-5-7-9-13/h5-9,14H,3-4,10,12H2,1-2H3. The zero-order valence-electron chi connectivity index (χ0n) is 12.4. The summed E-state index contributed by atoms with van der Waals surface area (Å²) in [5, 5.41) is 9.29. The van der Waals surface area contributed by atoms with Crippen molar-refractivity contribution in [2.45, 2.75) is 26.2 Å². The van der Waals surface area contributed by atoms with Crippen LogP contribution in [0.5, 0.6) is 0 Å². The SMILES string of the molecule is CCCN(CC(=O)OCC)C(=O)C(C#N)c1ccccc1. The highest BCUT2D eigenvalue weighted by Gasteiger charge is 2.27. The van der Waals surface area contributed by atoms with Crippen LogP contribution in [0.15, 0.2) is 30.3 Å². The molecule has 1 unspecified atom stereocenters. The van der Waals surface area contributed by atoms with E-state index in [0.29, 0.717) is 18.5 Å². The molecule has 0 radical (unpaired) electrons. The Morgan fingerprint density at radius 2 is 1.95 bits per heavy atom. The van der Waals surface area contributed by atoms with E-state index in [1.165, 1.54) is 4.90 Å². The smallest absolute Gasteiger partial charge is 0.325 e. The Balaban J connectivity index is 2.88. The fourth-order valence-corrected chi connectivity index (χ4v) is 2.00. The van der Waals surface area contributed by atoms with Crippen LogP contribution in [0.1, 0.15) is 31.7 Å². The highest BCUT2D eigenvalue weighted by molar-refractivity contribution is 5.89. The number of benzene rings is 1. The number of amides is 1. The van der Waals surface area contributed by atoms with Gasteiger partial charge in [-0.05, 0) is 18.9 Å². The van der Waals surface area contributed by atoms with Gasteiger partial charge in [-0.1, -0.05) is 37.3 Å². The van der Waals surface area contributed by atoms with Gasteiger partial charge < -0.3 is 9.64 Å². The third-order valence-electron chi connectivity index (χ3n) is 2.94. The van der Waals surface area contributed by atoms with E-state index in [4.69, 9.17) is 4.74 Å². The van der Waals surface area contributed by atoms with Crippen LogP contribution in [0.3, 0.4) is 0 Å². The summed E-state index contributed by atoms with van der Waals surface area (Å²) in [6.07, 6.45) is 0.706. The Morgan fingerprint density at radius 3 is 2.48 bits per heavy atom. The Bertz CT molecular complexity index is 508. The number of ether oxygens (including phenoxy) is 1. The van der Waals surface area contributed by atoms with Crippen LogP contribution in [0.2, 0.25) is 0 Å². The molecule has 5 nitrogen and oxygen atoms in total. The lowest BCUT2D eigenvalue weighted by atomic mass is 9.99. The van der Waals surface area contributed by atoms with Gasteiger partial charge in [-0.15, -0.1) is 0 Å². The van der Waals surface area contributed by atoms with Gasteiger partial charge in [-0.25, -0.2) is 0 Å². The fourth-order valence-electron chi connectivity index (χ4n) is 2.00. The molecule has 0 saturated heterocycles. The molecule has 21 heavy (non-hydrogen) atoms. The first-order chi connectivity index (χ1) is 10.1. The molecule has 1 rings (SSSR count). The average molecular weight is 288 g/mol. The zero-order valence-corrected chi connectivity index (χ0v) is 12.4. The minimum atomic E-state index is -0.896. The molecular weight excluding hydrogens is 268 g/mol. The molecule has 0 N–H and O–H groups in total.